The second-order valence-electron chi connectivity index (χ2n) is 15.9. The van der Waals surface area contributed by atoms with E-state index >= 15 is 0 Å². The summed E-state index contributed by atoms with van der Waals surface area (Å²) in [6, 6.07) is 15.1. The lowest BCUT2D eigenvalue weighted by Gasteiger charge is -2.43. The van der Waals surface area contributed by atoms with Gasteiger partial charge in [-0.15, -0.1) is 0 Å². The molecule has 0 radical (unpaired) electrons. The van der Waals surface area contributed by atoms with Crippen LogP contribution in [0.1, 0.15) is 99.3 Å². The molecule has 4 rings (SSSR count). The molecule has 2 aliphatic carbocycles. The molecule has 0 spiro atoms. The Kier molecular flexibility index (Phi) is 18.4. The summed E-state index contributed by atoms with van der Waals surface area (Å²) in [5.74, 6) is -0.230. The van der Waals surface area contributed by atoms with Gasteiger partial charge in [-0.05, 0) is 76.3 Å². The fourth-order valence-electron chi connectivity index (χ4n) is 7.26. The van der Waals surface area contributed by atoms with Gasteiger partial charge in [0.05, 0.1) is 24.2 Å². The Morgan fingerprint density at radius 1 is 0.625 bits per heavy atom. The van der Waals surface area contributed by atoms with Crippen molar-refractivity contribution >= 4 is 66.0 Å². The highest BCUT2D eigenvalue weighted by molar-refractivity contribution is 7.90. The normalized spacial score (nSPS) is 16.7. The minimum Gasteiger partial charge on any atom is -0.467 e. The van der Waals surface area contributed by atoms with Gasteiger partial charge in [0.15, 0.2) is 0 Å². The third-order valence-electron chi connectivity index (χ3n) is 11.1. The Labute approximate surface area is 346 Å². The lowest BCUT2D eigenvalue weighted by Crippen LogP contribution is -2.51. The first-order valence-corrected chi connectivity index (χ1v) is 24.5. The minimum atomic E-state index is -2.93. The summed E-state index contributed by atoms with van der Waals surface area (Å²) in [5.41, 5.74) is 4.20. The molecule has 0 bridgehead atoms. The van der Waals surface area contributed by atoms with Gasteiger partial charge in [0.2, 0.25) is 0 Å². The summed E-state index contributed by atoms with van der Waals surface area (Å²) in [6.07, 6.45) is 14.3. The summed E-state index contributed by atoms with van der Waals surface area (Å²) < 4.78 is 55.3. The molecule has 0 amide bonds. The van der Waals surface area contributed by atoms with E-state index in [1.807, 2.05) is 62.4 Å². The fourth-order valence-corrected chi connectivity index (χ4v) is 9.61. The van der Waals surface area contributed by atoms with Crippen molar-refractivity contribution in [3.8, 4) is 0 Å². The second kappa shape index (κ2) is 21.7. The molecule has 2 unspecified atom stereocenters. The molecule has 0 aliphatic heterocycles. The molecule has 2 fully saturated rings. The minimum absolute atomic E-state index is 0.119. The maximum absolute atomic E-state index is 12.3. The molecule has 2 aromatic carbocycles. The van der Waals surface area contributed by atoms with Gasteiger partial charge < -0.3 is 20.1 Å². The van der Waals surface area contributed by atoms with E-state index in [4.69, 9.17) is 33.9 Å². The largest absolute Gasteiger partial charge is 0.467 e. The number of nitrogens with one attached hydrogen (secondary N) is 2. The Bertz CT molecular complexity index is 1700. The fraction of sp³-hybridized carbons (Fsp3) is 0.619. The highest BCUT2D eigenvalue weighted by Gasteiger charge is 2.43. The maximum Gasteiger partial charge on any atom is 0.328 e. The third kappa shape index (κ3) is 15.4. The molecule has 10 nitrogen and oxygen atoms in total. The molecular weight excluding hydrogens is 789 g/mol. The average molecular weight is 851 g/mol. The van der Waals surface area contributed by atoms with E-state index < -0.39 is 31.8 Å². The Balaban J connectivity index is 0.000000300. The van der Waals surface area contributed by atoms with Gasteiger partial charge in [-0.25, -0.2) is 26.4 Å². The van der Waals surface area contributed by atoms with Crippen LogP contribution in [-0.2, 0) is 51.6 Å². The number of unbranched alkanes of at least 4 members (excludes halogenated alkanes) is 2. The zero-order chi connectivity index (χ0) is 41.6. The number of ether oxygens (including phenoxy) is 2. The van der Waals surface area contributed by atoms with E-state index in [-0.39, 0.29) is 34.3 Å². The average Bonchev–Trinajstić information content (AvgIpc) is 3.10. The van der Waals surface area contributed by atoms with E-state index in [2.05, 4.69) is 10.6 Å². The number of benzene rings is 2. The Hall–Kier alpha value is -2.94. The molecule has 312 valence electrons. The number of methoxy groups -OCH3 is 2. The predicted molar refractivity (Wildman–Crippen MR) is 233 cm³/mol. The van der Waals surface area contributed by atoms with Crippen LogP contribution in [0.4, 0.5) is 0 Å². The number of rotatable bonds is 20. The first-order valence-electron chi connectivity index (χ1n) is 19.5. The highest BCUT2D eigenvalue weighted by atomic mass is 32.2. The summed E-state index contributed by atoms with van der Waals surface area (Å²) in [7, 11) is -3.09. The molecule has 14 heteroatoms. The zero-order valence-electron chi connectivity index (χ0n) is 34.0. The molecule has 2 atom stereocenters. The molecule has 0 heterocycles. The predicted octanol–water partition coefficient (Wildman–Crippen LogP) is 6.76. The summed E-state index contributed by atoms with van der Waals surface area (Å²) in [6.45, 7) is 4.05. The van der Waals surface area contributed by atoms with Gasteiger partial charge in [-0.3, -0.25) is 0 Å². The molecule has 2 N–H and O–H groups in total. The van der Waals surface area contributed by atoms with E-state index in [1.165, 1.54) is 37.9 Å². The van der Waals surface area contributed by atoms with Crippen LogP contribution in [0.25, 0.3) is 0 Å². The van der Waals surface area contributed by atoms with Crippen molar-refractivity contribution in [2.45, 2.75) is 116 Å². The highest BCUT2D eigenvalue weighted by Crippen LogP contribution is 2.47. The van der Waals surface area contributed by atoms with Gasteiger partial charge >= 0.3 is 11.9 Å². The van der Waals surface area contributed by atoms with Gasteiger partial charge in [0.25, 0.3) is 0 Å². The van der Waals surface area contributed by atoms with Gasteiger partial charge in [0, 0.05) is 47.7 Å². The number of sulfone groups is 2. The zero-order valence-corrected chi connectivity index (χ0v) is 37.3. The van der Waals surface area contributed by atoms with Crippen LogP contribution in [0.2, 0.25) is 0 Å². The molecule has 0 saturated heterocycles. The van der Waals surface area contributed by atoms with Crippen molar-refractivity contribution < 1.29 is 35.9 Å². The van der Waals surface area contributed by atoms with Crippen molar-refractivity contribution in [3.05, 3.63) is 70.8 Å². The van der Waals surface area contributed by atoms with Crippen LogP contribution in [0, 0.1) is 24.7 Å². The first kappa shape index (κ1) is 47.4. The lowest BCUT2D eigenvalue weighted by molar-refractivity contribution is -0.143. The smallest absolute Gasteiger partial charge is 0.328 e. The molecule has 0 aromatic heterocycles. The number of thiocarbonyl (C=S) groups is 2. The van der Waals surface area contributed by atoms with E-state index in [9.17, 15) is 26.4 Å². The van der Waals surface area contributed by atoms with Crippen LogP contribution in [0.3, 0.4) is 0 Å². The third-order valence-corrected chi connectivity index (χ3v) is 14.3. The Morgan fingerprint density at radius 2 is 0.946 bits per heavy atom. The van der Waals surface area contributed by atoms with E-state index in [0.717, 1.165) is 75.3 Å². The van der Waals surface area contributed by atoms with Crippen LogP contribution in [0.15, 0.2) is 48.5 Å². The van der Waals surface area contributed by atoms with Crippen LogP contribution < -0.4 is 10.6 Å². The van der Waals surface area contributed by atoms with Gasteiger partial charge in [0.1, 0.15) is 31.8 Å². The van der Waals surface area contributed by atoms with Crippen molar-refractivity contribution in [2.24, 2.45) is 10.8 Å². The number of esters is 2. The van der Waals surface area contributed by atoms with E-state index in [0.29, 0.717) is 35.7 Å². The lowest BCUT2D eigenvalue weighted by atomic mass is 9.65. The number of hydrogen-bond donors (Lipinski definition) is 2. The monoisotopic (exact) mass is 850 g/mol. The molecular formula is C42H62N2O8S4. The first-order chi connectivity index (χ1) is 26.3. The molecule has 56 heavy (non-hydrogen) atoms. The SMILES string of the molecule is COC(=O)C(Cc1ccc(C)cc1)NC(=S)C1(CCCCS(C)(=O)=O)CCC1.COC(=O)C(Cc1ccc(C)cc1)NC(=S)C1(CCCCS(C)(=O)=O)CCC1. The summed E-state index contributed by atoms with van der Waals surface area (Å²) in [4.78, 5) is 26.0. The van der Waals surface area contributed by atoms with Gasteiger partial charge in [-0.1, -0.05) is 110 Å². The van der Waals surface area contributed by atoms with Crippen LogP contribution in [-0.4, -0.2) is 89.1 Å². The summed E-state index contributed by atoms with van der Waals surface area (Å²) >= 11 is 11.4. The molecule has 2 saturated carbocycles. The van der Waals surface area contributed by atoms with Crippen molar-refractivity contribution in [1.82, 2.24) is 10.6 Å². The van der Waals surface area contributed by atoms with Crippen molar-refractivity contribution in [3.63, 3.8) is 0 Å². The standard InChI is InChI=1S/2C21H31NO4S2/c2*1-16-7-9-17(10-8-16)15-18(19(23)26-2)22-20(27)21(12-6-13-21)11-4-5-14-28(3,24)25/h2*7-10,18H,4-6,11-15H2,1-3H3,(H,22,27). The number of carbonyl (C=O) groups is 2. The van der Waals surface area contributed by atoms with Crippen molar-refractivity contribution in [2.75, 3.05) is 38.2 Å². The van der Waals surface area contributed by atoms with Crippen LogP contribution >= 0.6 is 24.4 Å². The topological polar surface area (TPSA) is 145 Å². The number of hydrogen-bond acceptors (Lipinski definition) is 10. The number of carbonyl (C=O) groups excluding carboxylic acids is 2. The van der Waals surface area contributed by atoms with Crippen LogP contribution in [0.5, 0.6) is 0 Å². The Morgan fingerprint density at radius 3 is 1.20 bits per heavy atom. The quantitative estimate of drug-likeness (QED) is 0.0825. The summed E-state index contributed by atoms with van der Waals surface area (Å²) in [5, 5.41) is 6.54. The molecule has 2 aliphatic rings. The number of aryl methyl sites for hydroxylation is 2. The van der Waals surface area contributed by atoms with Gasteiger partial charge in [-0.2, -0.15) is 0 Å². The maximum atomic E-state index is 12.3. The van der Waals surface area contributed by atoms with Crippen molar-refractivity contribution in [1.29, 1.82) is 0 Å². The molecule has 2 aromatic rings. The second-order valence-corrected chi connectivity index (χ2v) is 21.3. The van der Waals surface area contributed by atoms with E-state index in [1.54, 1.807) is 0 Å².